The van der Waals surface area contributed by atoms with Crippen molar-refractivity contribution < 1.29 is 38.1 Å². The number of carbonyl (C=O) groups excluding carboxylic acids is 4. The van der Waals surface area contributed by atoms with Crippen molar-refractivity contribution in [2.24, 2.45) is 0 Å². The van der Waals surface area contributed by atoms with Gasteiger partial charge >= 0.3 is 0 Å². The molecule has 14 nitrogen and oxygen atoms in total. The number of ether oxygens (including phenoxy) is 4. The normalized spacial score (nSPS) is 13.8. The monoisotopic (exact) mass is 998 g/mol. The molecule has 0 radical (unpaired) electrons. The van der Waals surface area contributed by atoms with E-state index in [-0.39, 0.29) is 23.6 Å². The molecule has 8 N–H and O–H groups in total. The number of nitrogens with zero attached hydrogens (tertiary/aromatic N) is 2. The van der Waals surface area contributed by atoms with Crippen molar-refractivity contribution in [2.45, 2.75) is 90.9 Å². The third kappa shape index (κ3) is 11.0. The zero-order chi connectivity index (χ0) is 51.9. The maximum Gasteiger partial charge on any atom is 0.261 e. The van der Waals surface area contributed by atoms with Gasteiger partial charge in [0.1, 0.15) is 23.0 Å². The number of carbonyl (C=O) groups is 4. The number of imide groups is 2. The van der Waals surface area contributed by atoms with Crippen LogP contribution in [0, 0.1) is 0 Å². The van der Waals surface area contributed by atoms with Crippen LogP contribution in [0.25, 0.3) is 0 Å². The first kappa shape index (κ1) is 50.9. The number of fused-ring (bicyclic) bond motifs is 10. The molecule has 9 rings (SSSR count). The molecule has 6 aromatic rings. The van der Waals surface area contributed by atoms with Gasteiger partial charge in [-0.3, -0.25) is 29.0 Å². The molecule has 0 unspecified atom stereocenters. The number of nitrogens with two attached hydrogens (primary N) is 4. The first-order valence-electron chi connectivity index (χ1n) is 26.0. The predicted octanol–water partition coefficient (Wildman–Crippen LogP) is 9.96. The van der Waals surface area contributed by atoms with Crippen molar-refractivity contribution in [1.82, 2.24) is 9.80 Å². The Morgan fingerprint density at radius 3 is 0.851 bits per heavy atom. The summed E-state index contributed by atoms with van der Waals surface area (Å²) >= 11 is 0. The van der Waals surface area contributed by atoms with Crippen molar-refractivity contribution >= 4 is 46.4 Å². The lowest BCUT2D eigenvalue weighted by molar-refractivity contribution is 0.0635. The number of benzene rings is 6. The highest BCUT2D eigenvalue weighted by Gasteiger charge is 2.36. The van der Waals surface area contributed by atoms with Gasteiger partial charge in [0, 0.05) is 106 Å². The quantitative estimate of drug-likeness (QED) is 0.0319. The molecule has 2 heterocycles. The SMILES string of the molecule is CCCOc1c2cc(N)cc1Cc1cc(N)cc(c1OCCCCCN1C(=O)c3ccccc3C1=O)Cc1cc(N)cc(c1OCCCCCN1C(=O)c3ccccc3C1=O)Cc1cc(N)cc(c1OCCC)C2. The van der Waals surface area contributed by atoms with Crippen LogP contribution in [0.3, 0.4) is 0 Å². The van der Waals surface area contributed by atoms with Crippen LogP contribution in [-0.2, 0) is 25.7 Å². The van der Waals surface area contributed by atoms with Crippen molar-refractivity contribution in [3.63, 3.8) is 0 Å². The average molecular weight is 999 g/mol. The van der Waals surface area contributed by atoms with E-state index in [1.165, 1.54) is 9.80 Å². The van der Waals surface area contributed by atoms with E-state index in [9.17, 15) is 19.2 Å². The highest BCUT2D eigenvalue weighted by Crippen LogP contribution is 2.42. The summed E-state index contributed by atoms with van der Waals surface area (Å²) < 4.78 is 27.0. The predicted molar refractivity (Wildman–Crippen MR) is 289 cm³/mol. The molecule has 14 heteroatoms. The third-order valence-corrected chi connectivity index (χ3v) is 13.8. The third-order valence-electron chi connectivity index (χ3n) is 13.8. The Morgan fingerprint density at radius 2 is 0.608 bits per heavy atom. The number of nitrogen functional groups attached to an aromatic ring is 4. The number of anilines is 4. The molecule has 0 aromatic heterocycles. The van der Waals surface area contributed by atoms with Gasteiger partial charge in [0.05, 0.1) is 48.7 Å². The van der Waals surface area contributed by atoms with Crippen molar-refractivity contribution in [2.75, 3.05) is 62.5 Å². The highest BCUT2D eigenvalue weighted by molar-refractivity contribution is 6.22. The number of hydrogen-bond acceptors (Lipinski definition) is 12. The van der Waals surface area contributed by atoms with Crippen LogP contribution in [0.5, 0.6) is 23.0 Å². The van der Waals surface area contributed by atoms with Crippen molar-refractivity contribution in [3.8, 4) is 23.0 Å². The molecule has 0 spiro atoms. The van der Waals surface area contributed by atoms with Gasteiger partial charge in [-0.25, -0.2) is 0 Å². The van der Waals surface area contributed by atoms with Gasteiger partial charge in [-0.2, -0.15) is 0 Å². The molecular formula is C60H66N6O8. The second kappa shape index (κ2) is 22.8. The largest absolute Gasteiger partial charge is 0.493 e. The zero-order valence-electron chi connectivity index (χ0n) is 42.4. The lowest BCUT2D eigenvalue weighted by atomic mass is 9.90. The Balaban J connectivity index is 1.04. The lowest BCUT2D eigenvalue weighted by Crippen LogP contribution is -2.30. The molecular weight excluding hydrogens is 933 g/mol. The fourth-order valence-corrected chi connectivity index (χ4v) is 10.5. The molecule has 2 aliphatic heterocycles. The smallest absolute Gasteiger partial charge is 0.261 e. The molecule has 4 amide bonds. The van der Waals surface area contributed by atoms with Gasteiger partial charge in [-0.15, -0.1) is 0 Å². The van der Waals surface area contributed by atoms with Crippen LogP contribution in [0.15, 0.2) is 97.1 Å². The van der Waals surface area contributed by atoms with E-state index in [0.717, 1.165) is 68.8 Å². The molecule has 0 saturated heterocycles. The maximum atomic E-state index is 13.1. The van der Waals surface area contributed by atoms with Crippen LogP contribution >= 0.6 is 0 Å². The van der Waals surface area contributed by atoms with Crippen molar-refractivity contribution in [3.05, 3.63) is 164 Å². The Kier molecular flexibility index (Phi) is 15.7. The first-order chi connectivity index (χ1) is 35.9. The topological polar surface area (TPSA) is 216 Å². The molecule has 0 atom stereocenters. The van der Waals surface area contributed by atoms with Gasteiger partial charge < -0.3 is 41.9 Å². The number of amides is 4. The molecule has 8 bridgehead atoms. The second-order valence-corrected chi connectivity index (χ2v) is 19.5. The standard InChI is InChI=1S/C60H66N6O8/c1-3-21-71-53-37-25-38-30-46(62)32-40(54(38)72-22-4-2)27-42-34-48(64)36-44(56(42)74-24-14-6-12-20-66-59(69)51-17-9-10-18-52(51)60(66)70)28-43-35-47(63)33-41(26-39(53)31-45(61)29-37)55(43)73-23-13-5-11-19-65-57(67)49-15-7-8-16-50(49)58(65)68/h7-10,15-18,29-36H,3-6,11-14,19-28,61-64H2,1-2H3. The van der Waals surface area contributed by atoms with Crippen LogP contribution in [0.4, 0.5) is 22.7 Å². The first-order valence-corrected chi connectivity index (χ1v) is 26.0. The minimum atomic E-state index is -0.258. The molecule has 0 saturated carbocycles. The maximum absolute atomic E-state index is 13.1. The minimum Gasteiger partial charge on any atom is -0.493 e. The second-order valence-electron chi connectivity index (χ2n) is 19.5. The van der Waals surface area contributed by atoms with E-state index in [0.29, 0.717) is 160 Å². The lowest BCUT2D eigenvalue weighted by Gasteiger charge is -2.24. The van der Waals surface area contributed by atoms with Gasteiger partial charge in [-0.05, 0) is 124 Å². The Morgan fingerprint density at radius 1 is 0.365 bits per heavy atom. The molecule has 1 aliphatic carbocycles. The average Bonchev–Trinajstić information content (AvgIpc) is 3.76. The fraction of sp³-hybridized carbons (Fsp3) is 0.333. The summed E-state index contributed by atoms with van der Waals surface area (Å²) in [4.78, 5) is 55.0. The van der Waals surface area contributed by atoms with E-state index in [4.69, 9.17) is 41.9 Å². The molecule has 6 aromatic carbocycles. The molecule has 74 heavy (non-hydrogen) atoms. The summed E-state index contributed by atoms with van der Waals surface area (Å²) in [6.07, 6.45) is 7.12. The van der Waals surface area contributed by atoms with Gasteiger partial charge in [-0.1, -0.05) is 38.1 Å². The van der Waals surface area contributed by atoms with E-state index >= 15 is 0 Å². The van der Waals surface area contributed by atoms with Crippen LogP contribution in [0.1, 0.15) is 151 Å². The van der Waals surface area contributed by atoms with E-state index < -0.39 is 0 Å². The number of rotatable bonds is 20. The van der Waals surface area contributed by atoms with Crippen LogP contribution < -0.4 is 41.9 Å². The van der Waals surface area contributed by atoms with Crippen LogP contribution in [0.2, 0.25) is 0 Å². The number of hydrogen-bond donors (Lipinski definition) is 4. The summed E-state index contributed by atoms with van der Waals surface area (Å²) in [6.45, 7) is 6.48. The highest BCUT2D eigenvalue weighted by atomic mass is 16.5. The van der Waals surface area contributed by atoms with E-state index in [1.54, 1.807) is 48.5 Å². The van der Waals surface area contributed by atoms with Crippen LogP contribution in [-0.4, -0.2) is 72.9 Å². The summed E-state index contributed by atoms with van der Waals surface area (Å²) in [6, 6.07) is 29.5. The Bertz CT molecular complexity index is 2840. The van der Waals surface area contributed by atoms with Gasteiger partial charge in [0.2, 0.25) is 0 Å². The van der Waals surface area contributed by atoms with E-state index in [1.807, 2.05) is 48.5 Å². The van der Waals surface area contributed by atoms with Gasteiger partial charge in [0.15, 0.2) is 0 Å². The zero-order valence-corrected chi connectivity index (χ0v) is 42.4. The van der Waals surface area contributed by atoms with Gasteiger partial charge in [0.25, 0.3) is 23.6 Å². The summed E-state index contributed by atoms with van der Waals surface area (Å²) in [5.74, 6) is 1.79. The minimum absolute atomic E-state index is 0.258. The summed E-state index contributed by atoms with van der Waals surface area (Å²) in [7, 11) is 0. The fourth-order valence-electron chi connectivity index (χ4n) is 10.5. The summed E-state index contributed by atoms with van der Waals surface area (Å²) in [5.41, 5.74) is 38.1. The number of unbranched alkanes of at least 4 members (excludes halogenated alkanes) is 4. The van der Waals surface area contributed by atoms with Crippen molar-refractivity contribution in [1.29, 1.82) is 0 Å². The molecule has 384 valence electrons. The molecule has 0 fully saturated rings. The Labute approximate surface area is 432 Å². The Hall–Kier alpha value is -8.00. The summed E-state index contributed by atoms with van der Waals surface area (Å²) in [5, 5.41) is 0. The van der Waals surface area contributed by atoms with E-state index in [2.05, 4.69) is 13.8 Å². The molecule has 3 aliphatic rings.